The van der Waals surface area contributed by atoms with Gasteiger partial charge in [0.05, 0.1) is 18.8 Å². The quantitative estimate of drug-likeness (QED) is 0.737. The van der Waals surface area contributed by atoms with Crippen LogP contribution < -0.4 is 4.74 Å². The van der Waals surface area contributed by atoms with Crippen LogP contribution in [0.5, 0.6) is 5.75 Å². The molecule has 1 saturated carbocycles. The molecule has 2 aromatic rings. The first-order valence-electron chi connectivity index (χ1n) is 10.7. The lowest BCUT2D eigenvalue weighted by Gasteiger charge is -2.36. The predicted molar refractivity (Wildman–Crippen MR) is 114 cm³/mol. The third kappa shape index (κ3) is 4.32. The summed E-state index contributed by atoms with van der Waals surface area (Å²) in [5, 5.41) is 0. The fourth-order valence-corrected chi connectivity index (χ4v) is 4.29. The van der Waals surface area contributed by atoms with Gasteiger partial charge in [-0.2, -0.15) is 0 Å². The van der Waals surface area contributed by atoms with Gasteiger partial charge in [0, 0.05) is 38.2 Å². The second-order valence-electron chi connectivity index (χ2n) is 8.26. The van der Waals surface area contributed by atoms with Crippen molar-refractivity contribution in [1.29, 1.82) is 0 Å². The van der Waals surface area contributed by atoms with Gasteiger partial charge in [-0.05, 0) is 55.5 Å². The summed E-state index contributed by atoms with van der Waals surface area (Å²) < 4.78 is 5.39. The number of piperidine rings is 1. The minimum atomic E-state index is -0.292. The summed E-state index contributed by atoms with van der Waals surface area (Å²) in [6.45, 7) is 1.35. The van der Waals surface area contributed by atoms with Gasteiger partial charge in [-0.25, -0.2) is 0 Å². The lowest BCUT2D eigenvalue weighted by molar-refractivity contribution is -0.141. The standard InChI is InChI=1S/C24H29N3O3/c1-26(23(28)18-11-14-27(15-12-18)24(29)17-9-10-17)22(21-8-3-4-13-25-21)19-6-5-7-20(16-19)30-2/h3-8,13,16-18,22H,9-12,14-15H2,1-2H3. The van der Waals surface area contributed by atoms with E-state index in [1.165, 1.54) is 0 Å². The van der Waals surface area contributed by atoms with E-state index >= 15 is 0 Å². The number of aromatic nitrogens is 1. The highest BCUT2D eigenvalue weighted by Crippen LogP contribution is 2.34. The Morgan fingerprint density at radius 1 is 1.07 bits per heavy atom. The number of benzene rings is 1. The normalized spacial score (nSPS) is 18.0. The number of methoxy groups -OCH3 is 1. The van der Waals surface area contributed by atoms with Crippen molar-refractivity contribution in [2.45, 2.75) is 31.7 Å². The first-order chi connectivity index (χ1) is 14.6. The molecule has 6 heteroatoms. The summed E-state index contributed by atoms with van der Waals surface area (Å²) in [6, 6.07) is 13.3. The van der Waals surface area contributed by atoms with Crippen molar-refractivity contribution >= 4 is 11.8 Å². The second-order valence-corrected chi connectivity index (χ2v) is 8.26. The molecular weight excluding hydrogens is 378 g/mol. The van der Waals surface area contributed by atoms with Crippen molar-refractivity contribution in [3.05, 3.63) is 59.9 Å². The number of hydrogen-bond donors (Lipinski definition) is 0. The Morgan fingerprint density at radius 3 is 2.47 bits per heavy atom. The lowest BCUT2D eigenvalue weighted by atomic mass is 9.93. The first kappa shape index (κ1) is 20.4. The Bertz CT molecular complexity index is 890. The van der Waals surface area contributed by atoms with Gasteiger partial charge >= 0.3 is 0 Å². The molecule has 2 amide bonds. The number of pyridine rings is 1. The maximum absolute atomic E-state index is 13.4. The van der Waals surface area contributed by atoms with Crippen LogP contribution in [0.2, 0.25) is 0 Å². The third-order valence-corrected chi connectivity index (χ3v) is 6.19. The van der Waals surface area contributed by atoms with E-state index in [-0.39, 0.29) is 29.7 Å². The van der Waals surface area contributed by atoms with Crippen LogP contribution in [0.25, 0.3) is 0 Å². The molecule has 0 spiro atoms. The zero-order chi connectivity index (χ0) is 21.1. The average Bonchev–Trinajstić information content (AvgIpc) is 3.65. The van der Waals surface area contributed by atoms with Crippen LogP contribution in [0.1, 0.15) is 43.0 Å². The van der Waals surface area contributed by atoms with Crippen molar-refractivity contribution in [2.24, 2.45) is 11.8 Å². The average molecular weight is 408 g/mol. The van der Waals surface area contributed by atoms with Crippen molar-refractivity contribution in [2.75, 3.05) is 27.2 Å². The van der Waals surface area contributed by atoms with Crippen molar-refractivity contribution < 1.29 is 14.3 Å². The molecule has 1 atom stereocenters. The van der Waals surface area contributed by atoms with Gasteiger partial charge in [0.15, 0.2) is 0 Å². The van der Waals surface area contributed by atoms with E-state index in [0.29, 0.717) is 25.9 Å². The zero-order valence-electron chi connectivity index (χ0n) is 17.7. The molecule has 0 bridgehead atoms. The van der Waals surface area contributed by atoms with E-state index in [2.05, 4.69) is 4.98 Å². The van der Waals surface area contributed by atoms with Crippen LogP contribution in [0.15, 0.2) is 48.7 Å². The van der Waals surface area contributed by atoms with Crippen molar-refractivity contribution in [1.82, 2.24) is 14.8 Å². The number of ether oxygens (including phenoxy) is 1. The van der Waals surface area contributed by atoms with E-state index in [9.17, 15) is 9.59 Å². The molecule has 6 nitrogen and oxygen atoms in total. The highest BCUT2D eigenvalue weighted by atomic mass is 16.5. The maximum atomic E-state index is 13.4. The molecule has 158 valence electrons. The SMILES string of the molecule is COc1cccc(C(c2ccccn2)N(C)C(=O)C2CCN(C(=O)C3CC3)CC2)c1. The van der Waals surface area contributed by atoms with E-state index in [4.69, 9.17) is 4.74 Å². The zero-order valence-corrected chi connectivity index (χ0v) is 17.7. The molecule has 1 unspecified atom stereocenters. The van der Waals surface area contributed by atoms with E-state index in [0.717, 1.165) is 29.8 Å². The number of nitrogens with zero attached hydrogens (tertiary/aromatic N) is 3. The Balaban J connectivity index is 1.52. The number of carbonyl (C=O) groups is 2. The monoisotopic (exact) mass is 407 g/mol. The molecule has 30 heavy (non-hydrogen) atoms. The topological polar surface area (TPSA) is 62.7 Å². The van der Waals surface area contributed by atoms with Crippen molar-refractivity contribution in [3.63, 3.8) is 0 Å². The molecular formula is C24H29N3O3. The van der Waals surface area contributed by atoms with Gasteiger partial charge < -0.3 is 14.5 Å². The lowest BCUT2D eigenvalue weighted by Crippen LogP contribution is -2.45. The van der Waals surface area contributed by atoms with Gasteiger partial charge in [0.2, 0.25) is 11.8 Å². The van der Waals surface area contributed by atoms with E-state index < -0.39 is 0 Å². The van der Waals surface area contributed by atoms with Crippen LogP contribution in [0.4, 0.5) is 0 Å². The van der Waals surface area contributed by atoms with Crippen LogP contribution >= 0.6 is 0 Å². The van der Waals surface area contributed by atoms with Gasteiger partial charge in [-0.15, -0.1) is 0 Å². The molecule has 2 heterocycles. The summed E-state index contributed by atoms with van der Waals surface area (Å²) >= 11 is 0. The largest absolute Gasteiger partial charge is 0.497 e. The minimum absolute atomic E-state index is 0.0740. The van der Waals surface area contributed by atoms with Crippen LogP contribution in [-0.2, 0) is 9.59 Å². The van der Waals surface area contributed by atoms with Gasteiger partial charge in [0.25, 0.3) is 0 Å². The number of carbonyl (C=O) groups excluding carboxylic acids is 2. The summed E-state index contributed by atoms with van der Waals surface area (Å²) in [4.78, 5) is 34.0. The molecule has 1 saturated heterocycles. The van der Waals surface area contributed by atoms with Crippen LogP contribution in [0, 0.1) is 11.8 Å². The molecule has 1 aliphatic heterocycles. The maximum Gasteiger partial charge on any atom is 0.226 e. The van der Waals surface area contributed by atoms with Gasteiger partial charge in [0.1, 0.15) is 5.75 Å². The first-order valence-corrected chi connectivity index (χ1v) is 10.7. The summed E-state index contributed by atoms with van der Waals surface area (Å²) in [5.74, 6) is 1.29. The molecule has 0 radical (unpaired) electrons. The Labute approximate surface area is 177 Å². The number of amides is 2. The summed E-state index contributed by atoms with van der Waals surface area (Å²) in [5.41, 5.74) is 1.79. The second kappa shape index (κ2) is 8.86. The number of rotatable bonds is 6. The third-order valence-electron chi connectivity index (χ3n) is 6.19. The number of hydrogen-bond acceptors (Lipinski definition) is 4. The van der Waals surface area contributed by atoms with Gasteiger partial charge in [-0.3, -0.25) is 14.6 Å². The molecule has 1 aliphatic carbocycles. The Hall–Kier alpha value is -2.89. The summed E-state index contributed by atoms with van der Waals surface area (Å²) in [6.07, 6.45) is 5.23. The van der Waals surface area contributed by atoms with Gasteiger partial charge in [-0.1, -0.05) is 18.2 Å². The molecule has 1 aromatic heterocycles. The Kier molecular flexibility index (Phi) is 6.02. The fraction of sp³-hybridized carbons (Fsp3) is 0.458. The highest BCUT2D eigenvalue weighted by Gasteiger charge is 2.37. The molecule has 0 N–H and O–H groups in total. The molecule has 4 rings (SSSR count). The highest BCUT2D eigenvalue weighted by molar-refractivity contribution is 5.82. The predicted octanol–water partition coefficient (Wildman–Crippen LogP) is 3.29. The summed E-state index contributed by atoms with van der Waals surface area (Å²) in [7, 11) is 3.49. The fourth-order valence-electron chi connectivity index (χ4n) is 4.29. The minimum Gasteiger partial charge on any atom is -0.497 e. The Morgan fingerprint density at radius 2 is 1.83 bits per heavy atom. The molecule has 2 aliphatic rings. The molecule has 2 fully saturated rings. The smallest absolute Gasteiger partial charge is 0.226 e. The van der Waals surface area contributed by atoms with Crippen LogP contribution in [-0.4, -0.2) is 53.8 Å². The van der Waals surface area contributed by atoms with E-state index in [1.807, 2.05) is 54.4 Å². The van der Waals surface area contributed by atoms with Crippen LogP contribution in [0.3, 0.4) is 0 Å². The van der Waals surface area contributed by atoms with Crippen molar-refractivity contribution in [3.8, 4) is 5.75 Å². The molecule has 1 aromatic carbocycles. The number of likely N-dealkylation sites (tertiary alicyclic amines) is 1. The van der Waals surface area contributed by atoms with E-state index in [1.54, 1.807) is 18.2 Å².